The maximum atomic E-state index is 12.4. The van der Waals surface area contributed by atoms with Crippen LogP contribution >= 0.6 is 24.8 Å². The molecule has 0 aliphatic heterocycles. The Hall–Kier alpha value is -1.59. The van der Waals surface area contributed by atoms with Crippen LogP contribution in [0.1, 0.15) is 31.0 Å². The predicted molar refractivity (Wildman–Crippen MR) is 118 cm³/mol. The largest absolute Gasteiger partial charge is 0.353 e. The van der Waals surface area contributed by atoms with E-state index in [0.29, 0.717) is 13.0 Å². The van der Waals surface area contributed by atoms with Gasteiger partial charge in [0.05, 0.1) is 12.1 Å². The van der Waals surface area contributed by atoms with E-state index in [1.54, 1.807) is 0 Å². The van der Waals surface area contributed by atoms with Crippen molar-refractivity contribution in [3.8, 4) is 0 Å². The number of halogens is 2. The molecule has 4 nitrogen and oxygen atoms in total. The zero-order chi connectivity index (χ0) is 18.1. The summed E-state index contributed by atoms with van der Waals surface area (Å²) in [5, 5.41) is 3.04. The van der Waals surface area contributed by atoms with E-state index in [4.69, 9.17) is 5.73 Å². The Labute approximate surface area is 175 Å². The molecule has 27 heavy (non-hydrogen) atoms. The van der Waals surface area contributed by atoms with Gasteiger partial charge >= 0.3 is 0 Å². The van der Waals surface area contributed by atoms with Crippen molar-refractivity contribution in [1.29, 1.82) is 0 Å². The van der Waals surface area contributed by atoms with Crippen molar-refractivity contribution in [1.82, 2.24) is 10.2 Å². The van der Waals surface area contributed by atoms with Crippen LogP contribution in [0.3, 0.4) is 0 Å². The van der Waals surface area contributed by atoms with E-state index in [1.165, 1.54) is 5.56 Å². The predicted octanol–water partition coefficient (Wildman–Crippen LogP) is 3.60. The standard InChI is InChI=1S/C21H29N3O.2ClH/c1-3-24(4-2)20(18-13-9-6-10-14-18)16-23-21(25)19(22)15-17-11-7-5-8-12-17;;/h5-14,19-20H,3-4,15-16,22H2,1-2H3,(H,23,25);2*1H. The van der Waals surface area contributed by atoms with Gasteiger partial charge in [0.2, 0.25) is 5.91 Å². The molecule has 0 bridgehead atoms. The van der Waals surface area contributed by atoms with E-state index >= 15 is 0 Å². The highest BCUT2D eigenvalue weighted by Gasteiger charge is 2.20. The molecule has 2 aromatic carbocycles. The van der Waals surface area contributed by atoms with Crippen molar-refractivity contribution < 1.29 is 4.79 Å². The minimum Gasteiger partial charge on any atom is -0.353 e. The van der Waals surface area contributed by atoms with Gasteiger partial charge in [-0.15, -0.1) is 24.8 Å². The van der Waals surface area contributed by atoms with Crippen LogP contribution in [0, 0.1) is 0 Å². The summed E-state index contributed by atoms with van der Waals surface area (Å²) in [6, 6.07) is 19.8. The highest BCUT2D eigenvalue weighted by Crippen LogP contribution is 2.19. The third-order valence-corrected chi connectivity index (χ3v) is 4.54. The zero-order valence-electron chi connectivity index (χ0n) is 16.0. The van der Waals surface area contributed by atoms with Crippen LogP contribution in [0.15, 0.2) is 60.7 Å². The molecule has 2 atom stereocenters. The Balaban J connectivity index is 0.00000338. The molecular weight excluding hydrogens is 381 g/mol. The molecule has 3 N–H and O–H groups in total. The van der Waals surface area contributed by atoms with Gasteiger partial charge in [0.15, 0.2) is 0 Å². The van der Waals surface area contributed by atoms with Gasteiger partial charge in [-0.05, 0) is 30.6 Å². The van der Waals surface area contributed by atoms with Gasteiger partial charge in [-0.3, -0.25) is 9.69 Å². The third-order valence-electron chi connectivity index (χ3n) is 4.54. The minimum absolute atomic E-state index is 0. The van der Waals surface area contributed by atoms with E-state index in [2.05, 4.69) is 36.2 Å². The number of carbonyl (C=O) groups excluding carboxylic acids is 1. The lowest BCUT2D eigenvalue weighted by molar-refractivity contribution is -0.122. The first-order chi connectivity index (χ1) is 12.2. The molecule has 0 heterocycles. The van der Waals surface area contributed by atoms with Crippen molar-refractivity contribution in [3.63, 3.8) is 0 Å². The van der Waals surface area contributed by atoms with Gasteiger partial charge < -0.3 is 11.1 Å². The first-order valence-corrected chi connectivity index (χ1v) is 9.01. The molecule has 0 radical (unpaired) electrons. The quantitative estimate of drug-likeness (QED) is 0.662. The maximum Gasteiger partial charge on any atom is 0.237 e. The third kappa shape index (κ3) is 7.89. The normalized spacial score (nSPS) is 12.4. The summed E-state index contributed by atoms with van der Waals surface area (Å²) in [6.07, 6.45) is 0.550. The second-order valence-electron chi connectivity index (χ2n) is 6.19. The van der Waals surface area contributed by atoms with Crippen LogP contribution in [-0.2, 0) is 11.2 Å². The van der Waals surface area contributed by atoms with E-state index in [0.717, 1.165) is 18.7 Å². The number of hydrogen-bond acceptors (Lipinski definition) is 3. The van der Waals surface area contributed by atoms with Crippen LogP contribution < -0.4 is 11.1 Å². The second kappa shape index (κ2) is 13.6. The molecule has 2 rings (SSSR count). The molecule has 2 unspecified atom stereocenters. The summed E-state index contributed by atoms with van der Waals surface area (Å²) in [7, 11) is 0. The number of amides is 1. The fraction of sp³-hybridized carbons (Fsp3) is 0.381. The molecule has 6 heteroatoms. The average Bonchev–Trinajstić information content (AvgIpc) is 2.66. The van der Waals surface area contributed by atoms with Crippen molar-refractivity contribution in [2.24, 2.45) is 5.73 Å². The Kier molecular flexibility index (Phi) is 12.8. The lowest BCUT2D eigenvalue weighted by Gasteiger charge is -2.30. The topological polar surface area (TPSA) is 58.4 Å². The van der Waals surface area contributed by atoms with E-state index in [-0.39, 0.29) is 36.8 Å². The SMILES string of the molecule is CCN(CC)C(CNC(=O)C(N)Cc1ccccc1)c1ccccc1.Cl.Cl. The summed E-state index contributed by atoms with van der Waals surface area (Å²) in [5.41, 5.74) is 8.38. The molecule has 1 amide bonds. The summed E-state index contributed by atoms with van der Waals surface area (Å²) < 4.78 is 0. The summed E-state index contributed by atoms with van der Waals surface area (Å²) in [5.74, 6) is -0.100. The highest BCUT2D eigenvalue weighted by molar-refractivity contribution is 5.85. The Bertz CT molecular complexity index is 636. The van der Waals surface area contributed by atoms with Crippen molar-refractivity contribution in [2.45, 2.75) is 32.4 Å². The molecule has 0 fully saturated rings. The molecule has 150 valence electrons. The zero-order valence-corrected chi connectivity index (χ0v) is 17.6. The van der Waals surface area contributed by atoms with E-state index < -0.39 is 6.04 Å². The Morgan fingerprint density at radius 3 is 2.00 bits per heavy atom. The van der Waals surface area contributed by atoms with E-state index in [1.807, 2.05) is 48.5 Å². The lowest BCUT2D eigenvalue weighted by Crippen LogP contribution is -2.45. The van der Waals surface area contributed by atoms with Gasteiger partial charge in [0.1, 0.15) is 0 Å². The van der Waals surface area contributed by atoms with Crippen LogP contribution in [-0.4, -0.2) is 36.5 Å². The van der Waals surface area contributed by atoms with Gasteiger partial charge in [0.25, 0.3) is 0 Å². The van der Waals surface area contributed by atoms with Gasteiger partial charge in [0, 0.05) is 6.54 Å². The Morgan fingerprint density at radius 1 is 0.963 bits per heavy atom. The van der Waals surface area contributed by atoms with Crippen LogP contribution in [0.4, 0.5) is 0 Å². The fourth-order valence-corrected chi connectivity index (χ4v) is 3.09. The molecular formula is C21H31Cl2N3O. The number of carbonyl (C=O) groups is 1. The number of nitrogens with one attached hydrogen (secondary N) is 1. The van der Waals surface area contributed by atoms with Crippen molar-refractivity contribution in [2.75, 3.05) is 19.6 Å². The average molecular weight is 412 g/mol. The monoisotopic (exact) mass is 411 g/mol. The number of nitrogens with zero attached hydrogens (tertiary/aromatic N) is 1. The first-order valence-electron chi connectivity index (χ1n) is 9.01. The molecule has 0 saturated heterocycles. The highest BCUT2D eigenvalue weighted by atomic mass is 35.5. The fourth-order valence-electron chi connectivity index (χ4n) is 3.09. The maximum absolute atomic E-state index is 12.4. The Morgan fingerprint density at radius 2 is 1.48 bits per heavy atom. The molecule has 0 aliphatic carbocycles. The van der Waals surface area contributed by atoms with Crippen LogP contribution in [0.5, 0.6) is 0 Å². The summed E-state index contributed by atoms with van der Waals surface area (Å²) >= 11 is 0. The van der Waals surface area contributed by atoms with Crippen molar-refractivity contribution >= 4 is 30.7 Å². The smallest absolute Gasteiger partial charge is 0.237 e. The van der Waals surface area contributed by atoms with Crippen molar-refractivity contribution in [3.05, 3.63) is 71.8 Å². The molecule has 0 aromatic heterocycles. The second-order valence-corrected chi connectivity index (χ2v) is 6.19. The minimum atomic E-state index is -0.532. The van der Waals surface area contributed by atoms with Crippen LogP contribution in [0.25, 0.3) is 0 Å². The summed E-state index contributed by atoms with van der Waals surface area (Å²) in [6.45, 7) is 6.71. The van der Waals surface area contributed by atoms with Gasteiger partial charge in [-0.25, -0.2) is 0 Å². The molecule has 0 aliphatic rings. The lowest BCUT2D eigenvalue weighted by atomic mass is 10.0. The number of likely N-dealkylation sites (N-methyl/N-ethyl adjacent to an activating group) is 1. The number of rotatable bonds is 9. The summed E-state index contributed by atoms with van der Waals surface area (Å²) in [4.78, 5) is 14.8. The molecule has 2 aromatic rings. The number of nitrogens with two attached hydrogens (primary N) is 1. The van der Waals surface area contributed by atoms with Crippen LogP contribution in [0.2, 0.25) is 0 Å². The molecule has 0 saturated carbocycles. The van der Waals surface area contributed by atoms with E-state index in [9.17, 15) is 4.79 Å². The first kappa shape index (κ1) is 25.4. The number of hydrogen-bond donors (Lipinski definition) is 2. The van der Waals surface area contributed by atoms with Gasteiger partial charge in [-0.1, -0.05) is 74.5 Å². The number of benzene rings is 2. The molecule has 0 spiro atoms. The van der Waals surface area contributed by atoms with Gasteiger partial charge in [-0.2, -0.15) is 0 Å².